The number of likely N-dealkylation sites (N-methyl/N-ethyl adjacent to an activating group) is 1. The van der Waals surface area contributed by atoms with Crippen LogP contribution in [0.15, 0.2) is 24.3 Å². The minimum absolute atomic E-state index is 0.00391. The highest BCUT2D eigenvalue weighted by molar-refractivity contribution is 6.01. The average molecular weight is 338 g/mol. The Morgan fingerprint density at radius 2 is 2.04 bits per heavy atom. The predicted molar refractivity (Wildman–Crippen MR) is 95.6 cm³/mol. The summed E-state index contributed by atoms with van der Waals surface area (Å²) in [7, 11) is 1.82. The molecule has 6 heteroatoms. The van der Waals surface area contributed by atoms with Crippen LogP contribution in [0.5, 0.6) is 0 Å². The van der Waals surface area contributed by atoms with Crippen molar-refractivity contribution in [2.75, 3.05) is 20.1 Å². The van der Waals surface area contributed by atoms with Crippen molar-refractivity contribution in [1.29, 1.82) is 0 Å². The zero-order valence-electron chi connectivity index (χ0n) is 14.7. The first-order valence-electron chi connectivity index (χ1n) is 8.66. The van der Waals surface area contributed by atoms with Crippen molar-refractivity contribution in [1.82, 2.24) is 20.1 Å². The normalized spacial score (nSPS) is 22.9. The third-order valence-corrected chi connectivity index (χ3v) is 5.54. The zero-order valence-corrected chi connectivity index (χ0v) is 14.7. The van der Waals surface area contributed by atoms with Gasteiger partial charge in [0, 0.05) is 25.5 Å². The highest BCUT2D eigenvalue weighted by Gasteiger charge is 2.42. The molecule has 1 aromatic carbocycles. The van der Waals surface area contributed by atoms with Crippen LogP contribution in [-0.2, 0) is 0 Å². The molecule has 2 aromatic rings. The van der Waals surface area contributed by atoms with Gasteiger partial charge in [0.25, 0.3) is 5.91 Å². The lowest BCUT2D eigenvalue weighted by Crippen LogP contribution is -2.52. The number of rotatable bonds is 1. The van der Waals surface area contributed by atoms with Gasteiger partial charge in [-0.1, -0.05) is 18.2 Å². The second-order valence-corrected chi connectivity index (χ2v) is 6.99. The van der Waals surface area contributed by atoms with Gasteiger partial charge in [-0.2, -0.15) is 0 Å². The van der Waals surface area contributed by atoms with E-state index in [1.54, 1.807) is 4.90 Å². The lowest BCUT2D eigenvalue weighted by atomic mass is 9.97. The van der Waals surface area contributed by atoms with Gasteiger partial charge >= 0.3 is 6.03 Å². The Balaban J connectivity index is 1.66. The molecule has 2 aliphatic heterocycles. The molecule has 1 N–H and O–H groups in total. The summed E-state index contributed by atoms with van der Waals surface area (Å²) in [6.07, 6.45) is 0.796. The van der Waals surface area contributed by atoms with E-state index in [4.69, 9.17) is 0 Å². The molecular weight excluding hydrogens is 316 g/mol. The number of hydrogen-bond acceptors (Lipinski definition) is 3. The number of carbonyl (C=O) groups is 2. The van der Waals surface area contributed by atoms with Gasteiger partial charge < -0.3 is 15.1 Å². The van der Waals surface area contributed by atoms with E-state index in [0.29, 0.717) is 18.7 Å². The standard InChI is InChI=1S/C19H22N4O2/c1-11-13-6-4-5-7-14(13)20-12(2)17(11)18(24)23-9-8-16-15(10-23)21-19(25)22(16)3/h4-7,15-16H,8-10H2,1-3H3,(H,21,25)/t15-,16+/m1/s1. The molecule has 0 spiro atoms. The fourth-order valence-electron chi connectivity index (χ4n) is 4.14. The van der Waals surface area contributed by atoms with Crippen molar-refractivity contribution in [3.05, 3.63) is 41.1 Å². The van der Waals surface area contributed by atoms with E-state index in [1.165, 1.54) is 0 Å². The number of pyridine rings is 1. The van der Waals surface area contributed by atoms with Crippen LogP contribution in [0.2, 0.25) is 0 Å². The van der Waals surface area contributed by atoms with Crippen LogP contribution in [0.1, 0.15) is 28.0 Å². The number of likely N-dealkylation sites (tertiary alicyclic amines) is 1. The first-order valence-corrected chi connectivity index (χ1v) is 8.66. The Morgan fingerprint density at radius 3 is 2.84 bits per heavy atom. The third kappa shape index (κ3) is 2.44. The maximum Gasteiger partial charge on any atom is 0.317 e. The Bertz CT molecular complexity index is 879. The minimum atomic E-state index is -0.0518. The minimum Gasteiger partial charge on any atom is -0.336 e. The predicted octanol–water partition coefficient (Wildman–Crippen LogP) is 2.09. The number of hydrogen-bond donors (Lipinski definition) is 1. The van der Waals surface area contributed by atoms with Crippen LogP contribution in [0, 0.1) is 13.8 Å². The van der Waals surface area contributed by atoms with Gasteiger partial charge in [-0.05, 0) is 31.9 Å². The molecule has 2 saturated heterocycles. The van der Waals surface area contributed by atoms with Crippen LogP contribution in [0.3, 0.4) is 0 Å². The largest absolute Gasteiger partial charge is 0.336 e. The number of urea groups is 1. The van der Waals surface area contributed by atoms with E-state index in [2.05, 4.69) is 10.3 Å². The number of aryl methyl sites for hydroxylation is 2. The van der Waals surface area contributed by atoms with Crippen LogP contribution >= 0.6 is 0 Å². The van der Waals surface area contributed by atoms with Crippen molar-refractivity contribution >= 4 is 22.8 Å². The highest BCUT2D eigenvalue weighted by Crippen LogP contribution is 2.27. The molecule has 2 aliphatic rings. The summed E-state index contributed by atoms with van der Waals surface area (Å²) in [6, 6.07) is 8.03. The summed E-state index contributed by atoms with van der Waals surface area (Å²) in [5.74, 6) is 0.00973. The van der Waals surface area contributed by atoms with Crippen LogP contribution < -0.4 is 5.32 Å². The lowest BCUT2D eigenvalue weighted by Gasteiger charge is -2.36. The van der Waals surface area contributed by atoms with Crippen molar-refractivity contribution in [2.45, 2.75) is 32.4 Å². The summed E-state index contributed by atoms with van der Waals surface area (Å²) in [5, 5.41) is 3.99. The number of amides is 3. The molecule has 130 valence electrons. The lowest BCUT2D eigenvalue weighted by molar-refractivity contribution is 0.0664. The van der Waals surface area contributed by atoms with E-state index < -0.39 is 0 Å². The maximum absolute atomic E-state index is 13.2. The van der Waals surface area contributed by atoms with Crippen molar-refractivity contribution < 1.29 is 9.59 Å². The second kappa shape index (κ2) is 5.72. The summed E-state index contributed by atoms with van der Waals surface area (Å²) in [4.78, 5) is 33.3. The van der Waals surface area contributed by atoms with Crippen LogP contribution in [-0.4, -0.2) is 58.9 Å². The van der Waals surface area contributed by atoms with E-state index in [9.17, 15) is 9.59 Å². The van der Waals surface area contributed by atoms with Gasteiger partial charge in [0.2, 0.25) is 0 Å². The van der Waals surface area contributed by atoms with Crippen molar-refractivity contribution in [3.8, 4) is 0 Å². The first kappa shape index (κ1) is 15.9. The number of nitrogens with zero attached hydrogens (tertiary/aromatic N) is 3. The fourth-order valence-corrected chi connectivity index (χ4v) is 4.14. The molecule has 4 rings (SSSR count). The number of piperidine rings is 1. The summed E-state index contributed by atoms with van der Waals surface area (Å²) in [6.45, 7) is 5.09. The number of carbonyl (C=O) groups excluding carboxylic acids is 2. The molecule has 3 heterocycles. The summed E-state index contributed by atoms with van der Waals surface area (Å²) >= 11 is 0. The van der Waals surface area contributed by atoms with Crippen LogP contribution in [0.25, 0.3) is 10.9 Å². The fraction of sp³-hybridized carbons (Fsp3) is 0.421. The molecule has 25 heavy (non-hydrogen) atoms. The Labute approximate surface area is 146 Å². The number of benzene rings is 1. The first-order chi connectivity index (χ1) is 12.0. The SMILES string of the molecule is Cc1nc2ccccc2c(C)c1C(=O)N1CC[C@H]2[C@@H](C1)NC(=O)N2C. The molecule has 0 unspecified atom stereocenters. The molecule has 6 nitrogen and oxygen atoms in total. The van der Waals surface area contributed by atoms with Gasteiger partial charge in [0.05, 0.1) is 28.9 Å². The van der Waals surface area contributed by atoms with Crippen molar-refractivity contribution in [3.63, 3.8) is 0 Å². The molecular formula is C19H22N4O2. The molecule has 3 amide bonds. The molecule has 0 aliphatic carbocycles. The van der Waals surface area contributed by atoms with E-state index >= 15 is 0 Å². The van der Waals surface area contributed by atoms with Gasteiger partial charge in [0.1, 0.15) is 0 Å². The summed E-state index contributed by atoms with van der Waals surface area (Å²) in [5.41, 5.74) is 3.34. The molecule has 0 radical (unpaired) electrons. The number of fused-ring (bicyclic) bond motifs is 2. The molecule has 2 atom stereocenters. The van der Waals surface area contributed by atoms with Crippen molar-refractivity contribution in [2.24, 2.45) is 0 Å². The smallest absolute Gasteiger partial charge is 0.317 e. The third-order valence-electron chi connectivity index (χ3n) is 5.54. The Hall–Kier alpha value is -2.63. The number of nitrogens with one attached hydrogen (secondary N) is 1. The van der Waals surface area contributed by atoms with Gasteiger partial charge in [-0.3, -0.25) is 9.78 Å². The van der Waals surface area contributed by atoms with Gasteiger partial charge in [0.15, 0.2) is 0 Å². The Morgan fingerprint density at radius 1 is 1.28 bits per heavy atom. The van der Waals surface area contributed by atoms with Gasteiger partial charge in [-0.25, -0.2) is 4.79 Å². The quantitative estimate of drug-likeness (QED) is 0.866. The second-order valence-electron chi connectivity index (χ2n) is 6.99. The number of para-hydroxylation sites is 1. The van der Waals surface area contributed by atoms with Gasteiger partial charge in [-0.15, -0.1) is 0 Å². The number of aromatic nitrogens is 1. The van der Waals surface area contributed by atoms with E-state index in [0.717, 1.165) is 28.6 Å². The van der Waals surface area contributed by atoms with E-state index in [1.807, 2.05) is 50.1 Å². The van der Waals surface area contributed by atoms with Crippen LogP contribution in [0.4, 0.5) is 4.79 Å². The highest BCUT2D eigenvalue weighted by atomic mass is 16.2. The molecule has 0 saturated carbocycles. The topological polar surface area (TPSA) is 65.5 Å². The molecule has 2 fully saturated rings. The zero-order chi connectivity index (χ0) is 17.7. The maximum atomic E-state index is 13.2. The monoisotopic (exact) mass is 338 g/mol. The molecule has 0 bridgehead atoms. The van der Waals surface area contributed by atoms with E-state index in [-0.39, 0.29) is 24.0 Å². The summed E-state index contributed by atoms with van der Waals surface area (Å²) < 4.78 is 0. The average Bonchev–Trinajstić information content (AvgIpc) is 2.88. The Kier molecular flexibility index (Phi) is 3.63. The molecule has 1 aromatic heterocycles.